The lowest BCUT2D eigenvalue weighted by atomic mass is 9.91. The Hall–Kier alpha value is -2.48. The first kappa shape index (κ1) is 8.84. The molecule has 2 aromatic heterocycles. The zero-order valence-corrected chi connectivity index (χ0v) is 12.6. The minimum atomic E-state index is -2.45. The number of benzene rings is 1. The molecule has 0 amide bonds. The van der Waals surface area contributed by atoms with Gasteiger partial charge in [-0.2, -0.15) is 0 Å². The molecule has 3 rings (SSSR count). The maximum Gasteiger partial charge on any atom is 0.220 e. The van der Waals surface area contributed by atoms with E-state index in [1.165, 1.54) is 18.2 Å². The summed E-state index contributed by atoms with van der Waals surface area (Å²) in [5.41, 5.74) is 3.38. The number of hydrogen-bond donors (Lipinski definition) is 0. The number of pyridine rings is 2. The van der Waals surface area contributed by atoms with Crippen molar-refractivity contribution < 1.29 is 12.8 Å². The third-order valence-corrected chi connectivity index (χ3v) is 3.79. The fraction of sp³-hybridized carbons (Fsp3) is 0.200. The lowest BCUT2D eigenvalue weighted by Crippen LogP contribution is -2.31. The molecule has 110 valence electrons. The van der Waals surface area contributed by atoms with Crippen LogP contribution >= 0.6 is 0 Å². The Morgan fingerprint density at radius 2 is 1.73 bits per heavy atom. The molecule has 2 heteroatoms. The summed E-state index contributed by atoms with van der Waals surface area (Å²) in [6.45, 7) is -2.98. The standard InChI is InChI=1S/C20H21N2/c1-14-7-5-8-15(2)19(14)18-9-6-12-22(4)20(18)17-10-11-21-13-16(17)3/h5-13H,1-4H3/q+1/i1D3,2D3. The van der Waals surface area contributed by atoms with Crippen LogP contribution in [-0.4, -0.2) is 4.98 Å². The van der Waals surface area contributed by atoms with Gasteiger partial charge in [-0.25, -0.2) is 4.57 Å². The average Bonchev–Trinajstić information content (AvgIpc) is 2.60. The summed E-state index contributed by atoms with van der Waals surface area (Å²) >= 11 is 0. The van der Waals surface area contributed by atoms with Gasteiger partial charge in [-0.1, -0.05) is 18.2 Å². The van der Waals surface area contributed by atoms with E-state index >= 15 is 0 Å². The smallest absolute Gasteiger partial charge is 0.220 e. The average molecular weight is 295 g/mol. The van der Waals surface area contributed by atoms with Crippen LogP contribution in [0.1, 0.15) is 24.9 Å². The van der Waals surface area contributed by atoms with Crippen LogP contribution in [0.4, 0.5) is 0 Å². The summed E-state index contributed by atoms with van der Waals surface area (Å²) in [6.07, 6.45) is 5.25. The first-order valence-electron chi connectivity index (χ1n) is 10.1. The largest absolute Gasteiger partial charge is 0.264 e. The summed E-state index contributed by atoms with van der Waals surface area (Å²) in [4.78, 5) is 4.13. The fourth-order valence-corrected chi connectivity index (χ4v) is 2.73. The highest BCUT2D eigenvalue weighted by Gasteiger charge is 2.20. The van der Waals surface area contributed by atoms with Crippen LogP contribution in [0.3, 0.4) is 0 Å². The zero-order chi connectivity index (χ0) is 20.7. The van der Waals surface area contributed by atoms with Crippen LogP contribution in [0.2, 0.25) is 0 Å². The Bertz CT molecular complexity index is 990. The molecule has 22 heavy (non-hydrogen) atoms. The van der Waals surface area contributed by atoms with Crippen molar-refractivity contribution in [2.75, 3.05) is 0 Å². The second-order valence-corrected chi connectivity index (χ2v) is 5.30. The van der Waals surface area contributed by atoms with E-state index in [0.717, 1.165) is 16.8 Å². The maximum absolute atomic E-state index is 7.97. The highest BCUT2D eigenvalue weighted by molar-refractivity contribution is 5.83. The van der Waals surface area contributed by atoms with Gasteiger partial charge in [-0.15, -0.1) is 0 Å². The van der Waals surface area contributed by atoms with Crippen LogP contribution in [0.25, 0.3) is 22.4 Å². The SMILES string of the molecule is [2H]C([2H])([2H])c1cccc(C([2H])([2H])[2H])c1-c1ccc[n+](C)c1-c1ccncc1C. The van der Waals surface area contributed by atoms with Crippen LogP contribution in [0.5, 0.6) is 0 Å². The molecule has 0 unspecified atom stereocenters. The molecule has 0 aliphatic carbocycles. The van der Waals surface area contributed by atoms with Gasteiger partial charge in [0, 0.05) is 26.7 Å². The van der Waals surface area contributed by atoms with Crippen molar-refractivity contribution in [2.24, 2.45) is 7.05 Å². The fourth-order valence-electron chi connectivity index (χ4n) is 2.73. The van der Waals surface area contributed by atoms with Gasteiger partial charge in [0.1, 0.15) is 7.05 Å². The Morgan fingerprint density at radius 3 is 2.41 bits per heavy atom. The number of hydrogen-bond acceptors (Lipinski definition) is 1. The Labute approximate surface area is 140 Å². The molecule has 3 aromatic rings. The van der Waals surface area contributed by atoms with Gasteiger partial charge in [0.15, 0.2) is 6.20 Å². The van der Waals surface area contributed by atoms with E-state index in [4.69, 9.17) is 8.22 Å². The minimum absolute atomic E-state index is 0.0280. The van der Waals surface area contributed by atoms with E-state index in [9.17, 15) is 0 Å². The molecule has 0 saturated carbocycles. The molecule has 0 bridgehead atoms. The maximum atomic E-state index is 7.97. The first-order chi connectivity index (χ1) is 13.0. The van der Waals surface area contributed by atoms with E-state index in [0.29, 0.717) is 5.56 Å². The molecule has 0 atom stereocenters. The quantitative estimate of drug-likeness (QED) is 0.649. The van der Waals surface area contributed by atoms with Gasteiger partial charge >= 0.3 is 0 Å². The third-order valence-electron chi connectivity index (χ3n) is 3.79. The summed E-state index contributed by atoms with van der Waals surface area (Å²) in [5, 5.41) is 0. The van der Waals surface area contributed by atoms with Gasteiger partial charge in [0.05, 0.1) is 11.1 Å². The van der Waals surface area contributed by atoms with Crippen LogP contribution in [0, 0.1) is 20.6 Å². The van der Waals surface area contributed by atoms with Crippen molar-refractivity contribution in [3.8, 4) is 22.4 Å². The summed E-state index contributed by atoms with van der Waals surface area (Å²) in [6, 6.07) is 9.86. The second-order valence-electron chi connectivity index (χ2n) is 5.30. The highest BCUT2D eigenvalue weighted by atomic mass is 14.9. The molecule has 0 fully saturated rings. The highest BCUT2D eigenvalue weighted by Crippen LogP contribution is 2.34. The number of nitrogens with zero attached hydrogens (tertiary/aromatic N) is 2. The topological polar surface area (TPSA) is 16.8 Å². The van der Waals surface area contributed by atoms with Crippen molar-refractivity contribution in [3.63, 3.8) is 0 Å². The molecule has 0 radical (unpaired) electrons. The third kappa shape index (κ3) is 2.41. The van der Waals surface area contributed by atoms with Crippen molar-refractivity contribution in [1.29, 1.82) is 0 Å². The molecular weight excluding hydrogens is 268 g/mol. The molecule has 0 aliphatic heterocycles. The van der Waals surface area contributed by atoms with Crippen LogP contribution in [0.15, 0.2) is 55.0 Å². The van der Waals surface area contributed by atoms with Crippen LogP contribution in [-0.2, 0) is 7.05 Å². The molecule has 0 saturated heterocycles. The van der Waals surface area contributed by atoms with Gasteiger partial charge in [0.2, 0.25) is 5.69 Å². The summed E-state index contributed by atoms with van der Waals surface area (Å²) in [5.74, 6) is 0. The number of rotatable bonds is 2. The first-order valence-corrected chi connectivity index (χ1v) is 7.06. The summed E-state index contributed by atoms with van der Waals surface area (Å²) < 4.78 is 49.7. The van der Waals surface area contributed by atoms with Gasteiger partial charge in [-0.05, 0) is 55.0 Å². The monoisotopic (exact) mass is 295 g/mol. The van der Waals surface area contributed by atoms with E-state index < -0.39 is 13.7 Å². The minimum Gasteiger partial charge on any atom is -0.264 e. The Kier molecular flexibility index (Phi) is 2.30. The molecule has 2 nitrogen and oxygen atoms in total. The number of aryl methyl sites for hydroxylation is 4. The Balaban J connectivity index is 2.47. The molecule has 0 N–H and O–H groups in total. The van der Waals surface area contributed by atoms with Crippen LogP contribution < -0.4 is 4.57 Å². The predicted octanol–water partition coefficient (Wildman–Crippen LogP) is 4.17. The molecule has 0 spiro atoms. The predicted molar refractivity (Wildman–Crippen MR) is 90.5 cm³/mol. The number of aromatic nitrogens is 2. The van der Waals surface area contributed by atoms with Gasteiger partial charge < -0.3 is 0 Å². The van der Waals surface area contributed by atoms with Crippen molar-refractivity contribution in [2.45, 2.75) is 20.6 Å². The van der Waals surface area contributed by atoms with E-state index in [-0.39, 0.29) is 16.7 Å². The molecule has 2 heterocycles. The van der Waals surface area contributed by atoms with Crippen molar-refractivity contribution >= 4 is 0 Å². The van der Waals surface area contributed by atoms with E-state index in [1.54, 1.807) is 24.5 Å². The zero-order valence-electron chi connectivity index (χ0n) is 18.6. The second kappa shape index (κ2) is 5.72. The van der Waals surface area contributed by atoms with E-state index in [2.05, 4.69) is 4.98 Å². The molecule has 0 aliphatic rings. The van der Waals surface area contributed by atoms with Gasteiger partial charge in [-0.3, -0.25) is 4.98 Å². The van der Waals surface area contributed by atoms with E-state index in [1.807, 2.05) is 30.8 Å². The Morgan fingerprint density at radius 1 is 0.955 bits per heavy atom. The van der Waals surface area contributed by atoms with Gasteiger partial charge in [0.25, 0.3) is 0 Å². The molecule has 1 aromatic carbocycles. The normalized spacial score (nSPS) is 15.9. The lowest BCUT2D eigenvalue weighted by molar-refractivity contribution is -0.660. The van der Waals surface area contributed by atoms with Crippen molar-refractivity contribution in [3.05, 3.63) is 71.7 Å². The summed E-state index contributed by atoms with van der Waals surface area (Å²) in [7, 11) is 1.85. The van der Waals surface area contributed by atoms with Crippen molar-refractivity contribution in [1.82, 2.24) is 4.98 Å². The lowest BCUT2D eigenvalue weighted by Gasteiger charge is -2.13. The molecular formula is C20H21N2+.